The van der Waals surface area contributed by atoms with E-state index in [1.807, 2.05) is 0 Å². The Bertz CT molecular complexity index is 205. The quantitative estimate of drug-likeness (QED) is 0.656. The fourth-order valence-corrected chi connectivity index (χ4v) is 9.06. The van der Waals surface area contributed by atoms with Crippen molar-refractivity contribution >= 4 is 8.32 Å². The molecular weight excluding hydrogens is 240 g/mol. The van der Waals surface area contributed by atoms with Crippen molar-refractivity contribution in [3.63, 3.8) is 0 Å². The van der Waals surface area contributed by atoms with Gasteiger partial charge in [-0.15, -0.1) is 0 Å². The molecule has 0 heterocycles. The van der Waals surface area contributed by atoms with E-state index < -0.39 is 8.32 Å². The molecule has 0 aromatic rings. The van der Waals surface area contributed by atoms with Crippen LogP contribution in [0.25, 0.3) is 0 Å². The van der Waals surface area contributed by atoms with Crippen LogP contribution in [0.4, 0.5) is 0 Å². The third-order valence-electron chi connectivity index (χ3n) is 4.16. The van der Waals surface area contributed by atoms with Crippen molar-refractivity contribution < 1.29 is 9.53 Å². The highest BCUT2D eigenvalue weighted by Crippen LogP contribution is 2.43. The largest absolute Gasteiger partial charge is 0.413 e. The van der Waals surface area contributed by atoms with Crippen LogP contribution in [0.2, 0.25) is 16.6 Å². The van der Waals surface area contributed by atoms with Crippen LogP contribution in [0, 0.1) is 5.92 Å². The van der Waals surface area contributed by atoms with E-state index in [0.29, 0.717) is 22.5 Å². The number of aliphatic hydroxyl groups is 1. The molecule has 0 aliphatic rings. The topological polar surface area (TPSA) is 29.5 Å². The molecule has 0 unspecified atom stereocenters. The van der Waals surface area contributed by atoms with Crippen LogP contribution in [-0.2, 0) is 4.43 Å². The maximum atomic E-state index is 9.17. The smallest absolute Gasteiger partial charge is 0.200 e. The summed E-state index contributed by atoms with van der Waals surface area (Å²) in [6, 6.07) is 0. The van der Waals surface area contributed by atoms with Crippen LogP contribution in [0.15, 0.2) is 0 Å². The van der Waals surface area contributed by atoms with Gasteiger partial charge in [-0.05, 0) is 35.9 Å². The standard InChI is InChI=1S/C15H34O2Si/c1-11(2)18(12(3)4,13(5)6)17-15(8)9-14(7)10-16/h11-16H,9-10H2,1-8H3/t14-,15+/m1/s1. The van der Waals surface area contributed by atoms with Gasteiger partial charge < -0.3 is 9.53 Å². The number of hydrogen-bond acceptors (Lipinski definition) is 2. The molecule has 0 saturated carbocycles. The first kappa shape index (κ1) is 18.1. The lowest BCUT2D eigenvalue weighted by Crippen LogP contribution is -2.50. The van der Waals surface area contributed by atoms with Crippen molar-refractivity contribution in [2.24, 2.45) is 5.92 Å². The highest BCUT2D eigenvalue weighted by molar-refractivity contribution is 6.77. The molecule has 0 aromatic carbocycles. The van der Waals surface area contributed by atoms with Crippen molar-refractivity contribution in [3.05, 3.63) is 0 Å². The highest BCUT2D eigenvalue weighted by Gasteiger charge is 2.46. The van der Waals surface area contributed by atoms with Gasteiger partial charge in [0, 0.05) is 12.7 Å². The summed E-state index contributed by atoms with van der Waals surface area (Å²) in [6.07, 6.45) is 1.21. The Morgan fingerprint density at radius 2 is 1.22 bits per heavy atom. The summed E-state index contributed by atoms with van der Waals surface area (Å²) in [4.78, 5) is 0. The molecule has 0 saturated heterocycles. The summed E-state index contributed by atoms with van der Waals surface area (Å²) >= 11 is 0. The molecule has 3 heteroatoms. The molecule has 18 heavy (non-hydrogen) atoms. The summed E-state index contributed by atoms with van der Waals surface area (Å²) in [7, 11) is -1.75. The zero-order valence-corrected chi connectivity index (χ0v) is 14.7. The molecule has 2 atom stereocenters. The van der Waals surface area contributed by atoms with Crippen LogP contribution >= 0.6 is 0 Å². The van der Waals surface area contributed by atoms with Crippen molar-refractivity contribution in [3.8, 4) is 0 Å². The van der Waals surface area contributed by atoms with Gasteiger partial charge in [-0.25, -0.2) is 0 Å². The van der Waals surface area contributed by atoms with Gasteiger partial charge in [-0.2, -0.15) is 0 Å². The Morgan fingerprint density at radius 1 is 0.833 bits per heavy atom. The molecule has 0 aromatic heterocycles. The summed E-state index contributed by atoms with van der Waals surface area (Å²) in [5.74, 6) is 0.332. The van der Waals surface area contributed by atoms with Crippen LogP contribution in [-0.4, -0.2) is 26.1 Å². The molecule has 0 rings (SSSR count). The van der Waals surface area contributed by atoms with Crippen LogP contribution in [0.1, 0.15) is 61.8 Å². The van der Waals surface area contributed by atoms with Crippen molar-refractivity contribution in [1.29, 1.82) is 0 Å². The third-order valence-corrected chi connectivity index (χ3v) is 10.4. The predicted octanol–water partition coefficient (Wildman–Crippen LogP) is 4.59. The third kappa shape index (κ3) is 4.36. The molecule has 0 fully saturated rings. The van der Waals surface area contributed by atoms with Crippen molar-refractivity contribution in [1.82, 2.24) is 0 Å². The van der Waals surface area contributed by atoms with E-state index in [2.05, 4.69) is 55.4 Å². The number of rotatable bonds is 8. The lowest BCUT2D eigenvalue weighted by Gasteiger charge is -2.44. The molecular formula is C15H34O2Si. The lowest BCUT2D eigenvalue weighted by molar-refractivity contribution is 0.137. The Balaban J connectivity index is 4.89. The van der Waals surface area contributed by atoms with E-state index in [1.54, 1.807) is 0 Å². The molecule has 0 aliphatic heterocycles. The highest BCUT2D eigenvalue weighted by atomic mass is 28.4. The van der Waals surface area contributed by atoms with E-state index in [-0.39, 0.29) is 12.7 Å². The average Bonchev–Trinajstić information content (AvgIpc) is 2.23. The zero-order chi connectivity index (χ0) is 14.5. The van der Waals surface area contributed by atoms with E-state index in [9.17, 15) is 0 Å². The molecule has 0 spiro atoms. The maximum absolute atomic E-state index is 9.17. The van der Waals surface area contributed by atoms with Crippen LogP contribution < -0.4 is 0 Å². The molecule has 2 nitrogen and oxygen atoms in total. The van der Waals surface area contributed by atoms with Gasteiger partial charge in [0.15, 0.2) is 0 Å². The van der Waals surface area contributed by atoms with E-state index in [1.165, 1.54) is 0 Å². The molecule has 0 aliphatic carbocycles. The predicted molar refractivity (Wildman–Crippen MR) is 82.5 cm³/mol. The Hall–Kier alpha value is 0.137. The average molecular weight is 275 g/mol. The van der Waals surface area contributed by atoms with Gasteiger partial charge in [-0.1, -0.05) is 48.5 Å². The summed E-state index contributed by atoms with van der Waals surface area (Å²) in [6.45, 7) is 18.4. The minimum Gasteiger partial charge on any atom is -0.413 e. The summed E-state index contributed by atoms with van der Waals surface area (Å²) in [5, 5.41) is 9.17. The van der Waals surface area contributed by atoms with Crippen LogP contribution in [0.5, 0.6) is 0 Å². The lowest BCUT2D eigenvalue weighted by atomic mass is 10.1. The molecule has 110 valence electrons. The van der Waals surface area contributed by atoms with Gasteiger partial charge in [0.25, 0.3) is 0 Å². The van der Waals surface area contributed by atoms with Crippen LogP contribution in [0.3, 0.4) is 0 Å². The molecule has 0 amide bonds. The normalized spacial score (nSPS) is 16.7. The van der Waals surface area contributed by atoms with E-state index in [0.717, 1.165) is 6.42 Å². The van der Waals surface area contributed by atoms with Gasteiger partial charge in [0.2, 0.25) is 8.32 Å². The number of hydrogen-bond donors (Lipinski definition) is 1. The summed E-state index contributed by atoms with van der Waals surface area (Å²) in [5.41, 5.74) is 1.89. The Kier molecular flexibility index (Phi) is 7.72. The monoisotopic (exact) mass is 274 g/mol. The van der Waals surface area contributed by atoms with Gasteiger partial charge in [0.1, 0.15) is 0 Å². The van der Waals surface area contributed by atoms with Gasteiger partial charge in [-0.3, -0.25) is 0 Å². The fraction of sp³-hybridized carbons (Fsp3) is 1.00. The second-order valence-electron chi connectivity index (χ2n) is 6.77. The second-order valence-corrected chi connectivity index (χ2v) is 12.2. The van der Waals surface area contributed by atoms with Gasteiger partial charge in [0.05, 0.1) is 0 Å². The Labute approximate surface area is 115 Å². The van der Waals surface area contributed by atoms with E-state index in [4.69, 9.17) is 9.53 Å². The van der Waals surface area contributed by atoms with Crippen molar-refractivity contribution in [2.45, 2.75) is 84.5 Å². The molecule has 1 N–H and O–H groups in total. The van der Waals surface area contributed by atoms with E-state index >= 15 is 0 Å². The first-order valence-electron chi connectivity index (χ1n) is 7.47. The molecule has 0 bridgehead atoms. The molecule has 0 radical (unpaired) electrons. The minimum absolute atomic E-state index is 0.256. The number of aliphatic hydroxyl groups excluding tert-OH is 1. The SMILES string of the molecule is CC(C)[Si](O[C@@H](C)C[C@@H](C)CO)(C(C)C)C(C)C. The Morgan fingerprint density at radius 3 is 1.50 bits per heavy atom. The maximum Gasteiger partial charge on any atom is 0.200 e. The zero-order valence-electron chi connectivity index (χ0n) is 13.7. The fourth-order valence-electron chi connectivity index (χ4n) is 3.45. The summed E-state index contributed by atoms with van der Waals surface area (Å²) < 4.78 is 6.62. The first-order valence-corrected chi connectivity index (χ1v) is 9.61. The van der Waals surface area contributed by atoms with Gasteiger partial charge >= 0.3 is 0 Å². The van der Waals surface area contributed by atoms with Crippen molar-refractivity contribution in [2.75, 3.05) is 6.61 Å². The first-order chi connectivity index (χ1) is 8.18. The second kappa shape index (κ2) is 7.66. The minimum atomic E-state index is -1.75.